The van der Waals surface area contributed by atoms with Gasteiger partial charge in [-0.05, 0) is 11.6 Å². The molecule has 0 radical (unpaired) electrons. The predicted octanol–water partition coefficient (Wildman–Crippen LogP) is 0.436. The normalized spacial score (nSPS) is 15.9. The Hall–Kier alpha value is -1.49. The standard InChI is InChI=1S/C10H15N3O2/c1-12-6-8(4-9(12)5-11)7-13-2-3-15-10(13)14/h4,6H,2-3,5,7,11H2,1H3. The number of ether oxygens (including phenoxy) is 1. The van der Waals surface area contributed by atoms with Gasteiger partial charge in [0.05, 0.1) is 13.1 Å². The molecule has 0 saturated carbocycles. The zero-order valence-electron chi connectivity index (χ0n) is 8.77. The van der Waals surface area contributed by atoms with Crippen molar-refractivity contribution in [2.45, 2.75) is 13.1 Å². The summed E-state index contributed by atoms with van der Waals surface area (Å²) in [6.07, 6.45) is 1.77. The molecule has 5 nitrogen and oxygen atoms in total. The molecular formula is C10H15N3O2. The molecule has 1 aromatic rings. The molecule has 0 atom stereocenters. The van der Waals surface area contributed by atoms with E-state index in [4.69, 9.17) is 10.5 Å². The molecule has 1 saturated heterocycles. The molecule has 0 aromatic carbocycles. The van der Waals surface area contributed by atoms with Crippen LogP contribution in [-0.2, 0) is 24.9 Å². The molecule has 0 aliphatic carbocycles. The number of amides is 1. The van der Waals surface area contributed by atoms with Gasteiger partial charge in [-0.25, -0.2) is 4.79 Å². The van der Waals surface area contributed by atoms with Gasteiger partial charge in [0.2, 0.25) is 0 Å². The molecule has 15 heavy (non-hydrogen) atoms. The van der Waals surface area contributed by atoms with E-state index >= 15 is 0 Å². The number of aromatic nitrogens is 1. The maximum atomic E-state index is 11.2. The monoisotopic (exact) mass is 209 g/mol. The first-order chi connectivity index (χ1) is 7.20. The number of hydrogen-bond donors (Lipinski definition) is 1. The highest BCUT2D eigenvalue weighted by Crippen LogP contribution is 2.13. The minimum Gasteiger partial charge on any atom is -0.448 e. The van der Waals surface area contributed by atoms with Crippen LogP contribution in [0, 0.1) is 0 Å². The van der Waals surface area contributed by atoms with Crippen LogP contribution in [0.15, 0.2) is 12.3 Å². The third kappa shape index (κ3) is 1.97. The Bertz CT molecular complexity index is 373. The average Bonchev–Trinajstić information content (AvgIpc) is 2.75. The van der Waals surface area contributed by atoms with E-state index in [2.05, 4.69) is 0 Å². The Balaban J connectivity index is 2.07. The van der Waals surface area contributed by atoms with Crippen LogP contribution in [0.2, 0.25) is 0 Å². The van der Waals surface area contributed by atoms with Gasteiger partial charge in [0.25, 0.3) is 0 Å². The summed E-state index contributed by atoms with van der Waals surface area (Å²) >= 11 is 0. The molecule has 1 amide bonds. The van der Waals surface area contributed by atoms with Crippen molar-refractivity contribution in [1.82, 2.24) is 9.47 Å². The summed E-state index contributed by atoms with van der Waals surface area (Å²) in [6, 6.07) is 2.02. The van der Waals surface area contributed by atoms with Gasteiger partial charge in [-0.1, -0.05) is 0 Å². The summed E-state index contributed by atoms with van der Waals surface area (Å²) < 4.78 is 6.84. The Morgan fingerprint density at radius 2 is 2.40 bits per heavy atom. The number of hydrogen-bond acceptors (Lipinski definition) is 3. The molecule has 0 spiro atoms. The molecule has 1 aromatic heterocycles. The van der Waals surface area contributed by atoms with E-state index in [0.29, 0.717) is 26.2 Å². The van der Waals surface area contributed by atoms with Crippen LogP contribution >= 0.6 is 0 Å². The van der Waals surface area contributed by atoms with E-state index in [9.17, 15) is 4.79 Å². The number of nitrogens with zero attached hydrogens (tertiary/aromatic N) is 2. The number of nitrogens with two attached hydrogens (primary N) is 1. The van der Waals surface area contributed by atoms with Gasteiger partial charge in [0.1, 0.15) is 6.61 Å². The van der Waals surface area contributed by atoms with Crippen LogP contribution in [0.25, 0.3) is 0 Å². The zero-order chi connectivity index (χ0) is 10.8. The van der Waals surface area contributed by atoms with E-state index in [1.165, 1.54) is 0 Å². The minimum absolute atomic E-state index is 0.229. The van der Waals surface area contributed by atoms with Crippen molar-refractivity contribution in [3.8, 4) is 0 Å². The Kier molecular flexibility index (Phi) is 2.64. The van der Waals surface area contributed by atoms with Gasteiger partial charge in [0, 0.05) is 25.5 Å². The maximum Gasteiger partial charge on any atom is 0.410 e. The molecule has 1 fully saturated rings. The lowest BCUT2D eigenvalue weighted by Crippen LogP contribution is -2.23. The van der Waals surface area contributed by atoms with Gasteiger partial charge < -0.3 is 19.9 Å². The number of cyclic esters (lactones) is 1. The molecule has 0 unspecified atom stereocenters. The van der Waals surface area contributed by atoms with Gasteiger partial charge >= 0.3 is 6.09 Å². The predicted molar refractivity (Wildman–Crippen MR) is 55.1 cm³/mol. The second-order valence-corrected chi connectivity index (χ2v) is 3.69. The summed E-state index contributed by atoms with van der Waals surface area (Å²) in [5.74, 6) is 0. The van der Waals surface area contributed by atoms with Crippen LogP contribution in [0.4, 0.5) is 4.79 Å². The van der Waals surface area contributed by atoms with Crippen molar-refractivity contribution in [3.63, 3.8) is 0 Å². The molecule has 1 aliphatic heterocycles. The summed E-state index contributed by atoms with van der Waals surface area (Å²) in [4.78, 5) is 12.9. The van der Waals surface area contributed by atoms with Crippen molar-refractivity contribution in [3.05, 3.63) is 23.5 Å². The van der Waals surface area contributed by atoms with Crippen LogP contribution in [0.3, 0.4) is 0 Å². The van der Waals surface area contributed by atoms with Gasteiger partial charge in [-0.15, -0.1) is 0 Å². The zero-order valence-corrected chi connectivity index (χ0v) is 8.77. The smallest absolute Gasteiger partial charge is 0.410 e. The molecular weight excluding hydrogens is 194 g/mol. The fourth-order valence-electron chi connectivity index (χ4n) is 1.76. The van der Waals surface area contributed by atoms with E-state index in [-0.39, 0.29) is 6.09 Å². The van der Waals surface area contributed by atoms with Crippen LogP contribution in [0.5, 0.6) is 0 Å². The van der Waals surface area contributed by atoms with Crippen molar-refractivity contribution in [1.29, 1.82) is 0 Å². The van der Waals surface area contributed by atoms with E-state index in [1.54, 1.807) is 4.90 Å². The lowest BCUT2D eigenvalue weighted by Gasteiger charge is -2.10. The fourth-order valence-corrected chi connectivity index (χ4v) is 1.76. The number of aryl methyl sites for hydroxylation is 1. The molecule has 5 heteroatoms. The Labute approximate surface area is 88.4 Å². The maximum absolute atomic E-state index is 11.2. The molecule has 1 aliphatic rings. The molecule has 2 heterocycles. The second kappa shape index (κ2) is 3.94. The van der Waals surface area contributed by atoms with Crippen molar-refractivity contribution in [2.75, 3.05) is 13.2 Å². The van der Waals surface area contributed by atoms with E-state index < -0.39 is 0 Å². The summed E-state index contributed by atoms with van der Waals surface area (Å²) in [5, 5.41) is 0. The van der Waals surface area contributed by atoms with Gasteiger partial charge in [-0.2, -0.15) is 0 Å². The quantitative estimate of drug-likeness (QED) is 0.785. The molecule has 0 bridgehead atoms. The van der Waals surface area contributed by atoms with Crippen LogP contribution in [0.1, 0.15) is 11.3 Å². The van der Waals surface area contributed by atoms with E-state index in [1.807, 2.05) is 23.9 Å². The highest BCUT2D eigenvalue weighted by atomic mass is 16.6. The summed E-state index contributed by atoms with van der Waals surface area (Å²) in [5.41, 5.74) is 7.73. The largest absolute Gasteiger partial charge is 0.448 e. The van der Waals surface area contributed by atoms with Gasteiger partial charge in [0.15, 0.2) is 0 Å². The highest BCUT2D eigenvalue weighted by Gasteiger charge is 2.22. The molecule has 82 valence electrons. The SMILES string of the molecule is Cn1cc(CN2CCOC2=O)cc1CN. The number of carbonyl (C=O) groups excluding carboxylic acids is 1. The first kappa shape index (κ1) is 10.0. The highest BCUT2D eigenvalue weighted by molar-refractivity contribution is 5.69. The number of carbonyl (C=O) groups is 1. The third-order valence-corrected chi connectivity index (χ3v) is 2.59. The van der Waals surface area contributed by atoms with Crippen LogP contribution in [-0.4, -0.2) is 28.7 Å². The van der Waals surface area contributed by atoms with Crippen molar-refractivity contribution >= 4 is 6.09 Å². The van der Waals surface area contributed by atoms with Crippen LogP contribution < -0.4 is 5.73 Å². The summed E-state index contributed by atoms with van der Waals surface area (Å²) in [7, 11) is 1.95. The first-order valence-electron chi connectivity index (χ1n) is 4.96. The Morgan fingerprint density at radius 1 is 1.60 bits per heavy atom. The van der Waals surface area contributed by atoms with Gasteiger partial charge in [-0.3, -0.25) is 0 Å². The number of rotatable bonds is 3. The Morgan fingerprint density at radius 3 is 2.93 bits per heavy atom. The minimum atomic E-state index is -0.229. The second-order valence-electron chi connectivity index (χ2n) is 3.69. The molecule has 2 N–H and O–H groups in total. The van der Waals surface area contributed by atoms with E-state index in [0.717, 1.165) is 11.3 Å². The average molecular weight is 209 g/mol. The topological polar surface area (TPSA) is 60.5 Å². The van der Waals surface area contributed by atoms with Crippen molar-refractivity contribution in [2.24, 2.45) is 12.8 Å². The fraction of sp³-hybridized carbons (Fsp3) is 0.500. The lowest BCUT2D eigenvalue weighted by atomic mass is 10.3. The molecule has 2 rings (SSSR count). The van der Waals surface area contributed by atoms with Crippen molar-refractivity contribution < 1.29 is 9.53 Å². The third-order valence-electron chi connectivity index (χ3n) is 2.59. The first-order valence-corrected chi connectivity index (χ1v) is 4.96. The summed E-state index contributed by atoms with van der Waals surface area (Å²) in [6.45, 7) is 2.29. The lowest BCUT2D eigenvalue weighted by molar-refractivity contribution is 0.157.